The van der Waals surface area contributed by atoms with Gasteiger partial charge in [-0.2, -0.15) is 9.97 Å². The first-order valence-corrected chi connectivity index (χ1v) is 10.8. The van der Waals surface area contributed by atoms with Gasteiger partial charge in [0, 0.05) is 29.4 Å². The van der Waals surface area contributed by atoms with Gasteiger partial charge >= 0.3 is 6.01 Å². The molecule has 2 N–H and O–H groups in total. The third-order valence-corrected chi connectivity index (χ3v) is 6.13. The summed E-state index contributed by atoms with van der Waals surface area (Å²) in [4.78, 5) is 10.5. The molecule has 5 rings (SSSR count). The van der Waals surface area contributed by atoms with Crippen LogP contribution in [-0.4, -0.2) is 46.5 Å². The standard InChI is InChI=1S/C26H21F2N3O3/c1-3-17-21(27)9-6-14-11-16(33)12-20(22(14)17)18-7-8-19-24(23(18)28)29-26(34-2)30-25(19)31-10-4-5-15(32)13-31/h1,6-9,11-12,15,32-33H,4-5,10,13H2,2H3. The molecule has 1 aliphatic rings. The molecular formula is C26H21F2N3O3. The molecular weight excluding hydrogens is 440 g/mol. The smallest absolute Gasteiger partial charge is 0.318 e. The molecule has 4 aromatic rings. The normalized spacial score (nSPS) is 16.1. The van der Waals surface area contributed by atoms with Crippen molar-refractivity contribution in [1.82, 2.24) is 9.97 Å². The lowest BCUT2D eigenvalue weighted by molar-refractivity contribution is 0.154. The SMILES string of the molecule is C#Cc1c(F)ccc2cc(O)cc(-c3ccc4c(N5CCCC(O)C5)nc(OC)nc4c3F)c12. The van der Waals surface area contributed by atoms with Crippen molar-refractivity contribution < 1.29 is 23.7 Å². The van der Waals surface area contributed by atoms with E-state index in [0.29, 0.717) is 41.5 Å². The van der Waals surface area contributed by atoms with E-state index in [9.17, 15) is 14.6 Å². The highest BCUT2D eigenvalue weighted by atomic mass is 19.1. The molecule has 1 fully saturated rings. The second-order valence-electron chi connectivity index (χ2n) is 8.26. The first-order valence-electron chi connectivity index (χ1n) is 10.8. The Morgan fingerprint density at radius 3 is 2.71 bits per heavy atom. The molecule has 0 spiro atoms. The number of hydrogen-bond donors (Lipinski definition) is 2. The fourth-order valence-electron chi connectivity index (χ4n) is 4.59. The Labute approximate surface area is 194 Å². The topological polar surface area (TPSA) is 78.7 Å². The molecule has 1 aliphatic heterocycles. The van der Waals surface area contributed by atoms with Crippen LogP contribution in [0.25, 0.3) is 32.8 Å². The van der Waals surface area contributed by atoms with Gasteiger partial charge in [0.15, 0.2) is 5.82 Å². The number of halogens is 2. The minimum absolute atomic E-state index is 0.00886. The van der Waals surface area contributed by atoms with Crippen LogP contribution in [0.2, 0.25) is 0 Å². The number of rotatable bonds is 3. The Kier molecular flexibility index (Phi) is 5.42. The number of aliphatic hydroxyl groups is 1. The van der Waals surface area contributed by atoms with Crippen LogP contribution >= 0.6 is 0 Å². The molecule has 0 bridgehead atoms. The van der Waals surface area contributed by atoms with Crippen LogP contribution in [0.5, 0.6) is 11.8 Å². The number of hydrogen-bond acceptors (Lipinski definition) is 6. The van der Waals surface area contributed by atoms with Crippen LogP contribution in [0.1, 0.15) is 18.4 Å². The summed E-state index contributed by atoms with van der Waals surface area (Å²) in [5.74, 6) is 1.40. The number of phenolic OH excluding ortho intramolecular Hbond substituents is 1. The van der Waals surface area contributed by atoms with Crippen molar-refractivity contribution >= 4 is 27.5 Å². The number of phenols is 1. The monoisotopic (exact) mass is 461 g/mol. The first-order chi connectivity index (χ1) is 16.4. The van der Waals surface area contributed by atoms with Crippen molar-refractivity contribution in [3.05, 3.63) is 53.6 Å². The van der Waals surface area contributed by atoms with E-state index in [0.717, 1.165) is 6.42 Å². The number of aromatic nitrogens is 2. The Morgan fingerprint density at radius 1 is 1.15 bits per heavy atom. The molecule has 2 heterocycles. The average Bonchev–Trinajstić information content (AvgIpc) is 2.83. The van der Waals surface area contributed by atoms with Gasteiger partial charge in [0.2, 0.25) is 0 Å². The van der Waals surface area contributed by atoms with E-state index in [1.54, 1.807) is 6.07 Å². The van der Waals surface area contributed by atoms with Crippen molar-refractivity contribution in [2.24, 2.45) is 0 Å². The highest BCUT2D eigenvalue weighted by molar-refractivity contribution is 6.04. The molecule has 8 heteroatoms. The van der Waals surface area contributed by atoms with Crippen molar-refractivity contribution in [3.63, 3.8) is 0 Å². The predicted octanol–water partition coefficient (Wildman–Crippen LogP) is 4.38. The second kappa shape index (κ2) is 8.43. The number of nitrogens with zero attached hydrogens (tertiary/aromatic N) is 3. The maximum Gasteiger partial charge on any atom is 0.318 e. The quantitative estimate of drug-likeness (QED) is 0.441. The molecule has 1 saturated heterocycles. The molecule has 0 radical (unpaired) electrons. The molecule has 6 nitrogen and oxygen atoms in total. The third-order valence-electron chi connectivity index (χ3n) is 6.13. The molecule has 34 heavy (non-hydrogen) atoms. The number of ether oxygens (including phenoxy) is 1. The van der Waals surface area contributed by atoms with Crippen molar-refractivity contribution in [2.45, 2.75) is 18.9 Å². The van der Waals surface area contributed by atoms with E-state index in [4.69, 9.17) is 11.2 Å². The van der Waals surface area contributed by atoms with Gasteiger partial charge in [0.25, 0.3) is 0 Å². The third kappa shape index (κ3) is 3.55. The zero-order valence-corrected chi connectivity index (χ0v) is 18.3. The van der Waals surface area contributed by atoms with Gasteiger partial charge in [-0.05, 0) is 48.1 Å². The summed E-state index contributed by atoms with van der Waals surface area (Å²) in [6.07, 6.45) is 6.52. The zero-order valence-electron chi connectivity index (χ0n) is 18.3. The van der Waals surface area contributed by atoms with Gasteiger partial charge < -0.3 is 19.8 Å². The Bertz CT molecular complexity index is 1480. The maximum absolute atomic E-state index is 16.1. The van der Waals surface area contributed by atoms with Gasteiger partial charge in [0.05, 0.1) is 18.8 Å². The van der Waals surface area contributed by atoms with Gasteiger partial charge in [-0.1, -0.05) is 18.1 Å². The lowest BCUT2D eigenvalue weighted by Crippen LogP contribution is -2.38. The van der Waals surface area contributed by atoms with Crippen molar-refractivity contribution in [3.8, 4) is 35.2 Å². The Hall–Kier alpha value is -3.96. The van der Waals surface area contributed by atoms with E-state index >= 15 is 4.39 Å². The van der Waals surface area contributed by atoms with Crippen LogP contribution in [0.4, 0.5) is 14.6 Å². The van der Waals surface area contributed by atoms with Gasteiger partial charge in [0.1, 0.15) is 22.9 Å². The van der Waals surface area contributed by atoms with Gasteiger partial charge in [-0.15, -0.1) is 6.42 Å². The average molecular weight is 461 g/mol. The molecule has 1 atom stereocenters. The number of aliphatic hydroxyl groups excluding tert-OH is 1. The number of anilines is 1. The van der Waals surface area contributed by atoms with Gasteiger partial charge in [-0.3, -0.25) is 0 Å². The highest BCUT2D eigenvalue weighted by Gasteiger charge is 2.25. The lowest BCUT2D eigenvalue weighted by atomic mass is 9.93. The summed E-state index contributed by atoms with van der Waals surface area (Å²) >= 11 is 0. The van der Waals surface area contributed by atoms with Crippen LogP contribution in [0.3, 0.4) is 0 Å². The van der Waals surface area contributed by atoms with Crippen LogP contribution in [0.15, 0.2) is 36.4 Å². The van der Waals surface area contributed by atoms with E-state index in [-0.39, 0.29) is 34.0 Å². The number of fused-ring (bicyclic) bond motifs is 2. The van der Waals surface area contributed by atoms with E-state index in [2.05, 4.69) is 15.9 Å². The van der Waals surface area contributed by atoms with Crippen LogP contribution < -0.4 is 9.64 Å². The molecule has 3 aromatic carbocycles. The minimum Gasteiger partial charge on any atom is -0.508 e. The molecule has 0 amide bonds. The van der Waals surface area contributed by atoms with E-state index in [1.165, 1.54) is 37.4 Å². The highest BCUT2D eigenvalue weighted by Crippen LogP contribution is 2.40. The number of methoxy groups -OCH3 is 1. The van der Waals surface area contributed by atoms with Gasteiger partial charge in [-0.25, -0.2) is 8.78 Å². The number of β-amino-alcohol motifs (C(OH)–C–C–N with tert-alkyl or cyclic N) is 1. The first kappa shape index (κ1) is 21.9. The summed E-state index contributed by atoms with van der Waals surface area (Å²) < 4.78 is 35.8. The number of terminal acetylenes is 1. The Morgan fingerprint density at radius 2 is 1.97 bits per heavy atom. The van der Waals surface area contributed by atoms with Crippen molar-refractivity contribution in [1.29, 1.82) is 0 Å². The molecule has 0 saturated carbocycles. The summed E-state index contributed by atoms with van der Waals surface area (Å²) in [6, 6.07) is 8.70. The maximum atomic E-state index is 16.1. The Balaban J connectivity index is 1.79. The minimum atomic E-state index is -0.684. The number of aromatic hydroxyl groups is 1. The molecule has 1 aromatic heterocycles. The summed E-state index contributed by atoms with van der Waals surface area (Å²) in [7, 11) is 1.39. The van der Waals surface area contributed by atoms with E-state index in [1.807, 2.05) is 4.90 Å². The second-order valence-corrected chi connectivity index (χ2v) is 8.26. The molecule has 1 unspecified atom stereocenters. The molecule has 0 aliphatic carbocycles. The number of benzene rings is 3. The van der Waals surface area contributed by atoms with E-state index < -0.39 is 17.7 Å². The zero-order chi connectivity index (χ0) is 24.0. The summed E-state index contributed by atoms with van der Waals surface area (Å²) in [5, 5.41) is 21.7. The fraction of sp³-hybridized carbons (Fsp3) is 0.231. The van der Waals surface area contributed by atoms with Crippen molar-refractivity contribution in [2.75, 3.05) is 25.1 Å². The lowest BCUT2D eigenvalue weighted by Gasteiger charge is -2.31. The molecule has 172 valence electrons. The van der Waals surface area contributed by atoms with Crippen LogP contribution in [0, 0.1) is 24.0 Å². The number of piperidine rings is 1. The summed E-state index contributed by atoms with van der Waals surface area (Å²) in [6.45, 7) is 1.01. The summed E-state index contributed by atoms with van der Waals surface area (Å²) in [5.41, 5.74) is 0.333. The largest absolute Gasteiger partial charge is 0.508 e. The fourth-order valence-corrected chi connectivity index (χ4v) is 4.59. The predicted molar refractivity (Wildman–Crippen MR) is 126 cm³/mol. The van der Waals surface area contributed by atoms with Crippen LogP contribution in [-0.2, 0) is 0 Å².